The predicted octanol–water partition coefficient (Wildman–Crippen LogP) is 2.63. The fourth-order valence-electron chi connectivity index (χ4n) is 2.72. The smallest absolute Gasteiger partial charge is 0.249 e. The number of hydrogen-bond donors (Lipinski definition) is 1. The van der Waals surface area contributed by atoms with Crippen LogP contribution in [0, 0.1) is 5.82 Å². The molecule has 4 rings (SSSR count). The standard InChI is InChI=1S/C19H13FN6O/c20-13-9-12(15-5-1-2-6-16(15)18(21)27)10-14(11-13)26-24-19(23-25-26)17-7-3-4-8-22-17/h1-11H,(H2,21,27). The van der Waals surface area contributed by atoms with Gasteiger partial charge in [-0.05, 0) is 46.7 Å². The molecule has 4 aromatic rings. The van der Waals surface area contributed by atoms with E-state index in [4.69, 9.17) is 5.73 Å². The Morgan fingerprint density at radius 1 is 1.04 bits per heavy atom. The summed E-state index contributed by atoms with van der Waals surface area (Å²) in [6.07, 6.45) is 1.62. The topological polar surface area (TPSA) is 99.6 Å². The molecule has 0 atom stereocenters. The summed E-state index contributed by atoms with van der Waals surface area (Å²) in [5.41, 5.74) is 7.65. The number of aromatic nitrogens is 5. The van der Waals surface area contributed by atoms with E-state index in [2.05, 4.69) is 20.4 Å². The fraction of sp³-hybridized carbons (Fsp3) is 0. The van der Waals surface area contributed by atoms with E-state index in [9.17, 15) is 9.18 Å². The van der Waals surface area contributed by atoms with E-state index in [1.54, 1.807) is 48.7 Å². The lowest BCUT2D eigenvalue weighted by atomic mass is 9.99. The molecular weight excluding hydrogens is 347 g/mol. The van der Waals surface area contributed by atoms with Crippen LogP contribution in [0.1, 0.15) is 10.4 Å². The third-order valence-electron chi connectivity index (χ3n) is 3.92. The molecule has 0 aliphatic heterocycles. The van der Waals surface area contributed by atoms with E-state index in [0.717, 1.165) is 0 Å². The minimum absolute atomic E-state index is 0.301. The maximum atomic E-state index is 14.2. The Kier molecular flexibility index (Phi) is 4.13. The van der Waals surface area contributed by atoms with Crippen LogP contribution in [0.15, 0.2) is 66.9 Å². The highest BCUT2D eigenvalue weighted by molar-refractivity contribution is 5.99. The second-order valence-corrected chi connectivity index (χ2v) is 5.73. The molecule has 2 aromatic heterocycles. The van der Waals surface area contributed by atoms with Crippen molar-refractivity contribution in [2.45, 2.75) is 0 Å². The molecule has 1 amide bonds. The highest BCUT2D eigenvalue weighted by Crippen LogP contribution is 2.26. The monoisotopic (exact) mass is 360 g/mol. The van der Waals surface area contributed by atoms with Crippen LogP contribution in [-0.2, 0) is 0 Å². The van der Waals surface area contributed by atoms with Gasteiger partial charge in [0.2, 0.25) is 11.7 Å². The molecule has 2 heterocycles. The molecule has 0 aliphatic rings. The summed E-state index contributed by atoms with van der Waals surface area (Å²) < 4.78 is 14.2. The first-order chi connectivity index (χ1) is 13.1. The molecule has 0 saturated heterocycles. The molecule has 0 fully saturated rings. The molecule has 0 unspecified atom stereocenters. The van der Waals surface area contributed by atoms with Crippen molar-refractivity contribution in [3.8, 4) is 28.3 Å². The Morgan fingerprint density at radius 3 is 2.63 bits per heavy atom. The van der Waals surface area contributed by atoms with Gasteiger partial charge in [-0.3, -0.25) is 9.78 Å². The average Bonchev–Trinajstić information content (AvgIpc) is 3.18. The normalized spacial score (nSPS) is 10.7. The van der Waals surface area contributed by atoms with Crippen molar-refractivity contribution in [1.82, 2.24) is 25.2 Å². The van der Waals surface area contributed by atoms with E-state index in [0.29, 0.717) is 33.9 Å². The van der Waals surface area contributed by atoms with Crippen LogP contribution in [0.25, 0.3) is 28.3 Å². The third kappa shape index (κ3) is 3.28. The summed E-state index contributed by atoms with van der Waals surface area (Å²) in [4.78, 5) is 17.1. The number of primary amides is 1. The second-order valence-electron chi connectivity index (χ2n) is 5.73. The Labute approximate surface area is 153 Å². The van der Waals surface area contributed by atoms with Crippen molar-refractivity contribution < 1.29 is 9.18 Å². The van der Waals surface area contributed by atoms with Crippen molar-refractivity contribution in [1.29, 1.82) is 0 Å². The van der Waals surface area contributed by atoms with Gasteiger partial charge < -0.3 is 5.73 Å². The van der Waals surface area contributed by atoms with Crippen molar-refractivity contribution in [3.63, 3.8) is 0 Å². The first-order valence-electron chi connectivity index (χ1n) is 8.03. The number of pyridine rings is 1. The summed E-state index contributed by atoms with van der Waals surface area (Å²) in [5, 5.41) is 12.2. The van der Waals surface area contributed by atoms with E-state index in [1.807, 2.05) is 6.07 Å². The van der Waals surface area contributed by atoms with Crippen molar-refractivity contribution in [2.24, 2.45) is 5.73 Å². The summed E-state index contributed by atoms with van der Waals surface area (Å²) in [6.45, 7) is 0. The summed E-state index contributed by atoms with van der Waals surface area (Å²) in [6, 6.07) is 16.3. The number of carbonyl (C=O) groups is 1. The quantitative estimate of drug-likeness (QED) is 0.603. The Bertz CT molecular complexity index is 1130. The number of halogens is 1. The van der Waals surface area contributed by atoms with Gasteiger partial charge in [0.15, 0.2) is 0 Å². The molecule has 2 N–H and O–H groups in total. The van der Waals surface area contributed by atoms with Crippen molar-refractivity contribution in [3.05, 3.63) is 78.2 Å². The fourth-order valence-corrected chi connectivity index (χ4v) is 2.72. The second kappa shape index (κ2) is 6.75. The Hall–Kier alpha value is -3.94. The van der Waals surface area contributed by atoms with Gasteiger partial charge in [0.05, 0.1) is 5.69 Å². The molecule has 0 bridgehead atoms. The molecule has 0 radical (unpaired) electrons. The number of tetrazole rings is 1. The summed E-state index contributed by atoms with van der Waals surface area (Å²) >= 11 is 0. The number of nitrogens with zero attached hydrogens (tertiary/aromatic N) is 5. The first kappa shape index (κ1) is 16.5. The van der Waals surface area contributed by atoms with Gasteiger partial charge in [0, 0.05) is 17.8 Å². The largest absolute Gasteiger partial charge is 0.366 e. The number of rotatable bonds is 4. The van der Waals surface area contributed by atoms with Gasteiger partial charge in [0.25, 0.3) is 0 Å². The molecule has 132 valence electrons. The molecule has 0 spiro atoms. The molecule has 8 heteroatoms. The summed E-state index contributed by atoms with van der Waals surface area (Å²) in [7, 11) is 0. The number of carbonyl (C=O) groups excluding carboxylic acids is 1. The Morgan fingerprint density at radius 2 is 1.85 bits per heavy atom. The first-order valence-corrected chi connectivity index (χ1v) is 8.03. The highest BCUT2D eigenvalue weighted by Gasteiger charge is 2.14. The van der Waals surface area contributed by atoms with Crippen LogP contribution >= 0.6 is 0 Å². The summed E-state index contributed by atoms with van der Waals surface area (Å²) in [5.74, 6) is -0.773. The van der Waals surface area contributed by atoms with E-state index >= 15 is 0 Å². The maximum Gasteiger partial charge on any atom is 0.249 e. The van der Waals surface area contributed by atoms with Gasteiger partial charge in [-0.1, -0.05) is 24.3 Å². The SMILES string of the molecule is NC(=O)c1ccccc1-c1cc(F)cc(-n2nnc(-c3ccccn3)n2)c1. The molecular formula is C19H13FN6O. The predicted molar refractivity (Wildman–Crippen MR) is 96.3 cm³/mol. The van der Waals surface area contributed by atoms with Gasteiger partial charge in [-0.15, -0.1) is 15.0 Å². The average molecular weight is 360 g/mol. The number of amides is 1. The van der Waals surface area contributed by atoms with E-state index in [1.165, 1.54) is 16.9 Å². The van der Waals surface area contributed by atoms with Gasteiger partial charge in [0.1, 0.15) is 11.5 Å². The van der Waals surface area contributed by atoms with Gasteiger partial charge >= 0.3 is 0 Å². The van der Waals surface area contributed by atoms with Gasteiger partial charge in [-0.2, -0.15) is 0 Å². The van der Waals surface area contributed by atoms with Crippen LogP contribution < -0.4 is 5.73 Å². The number of benzene rings is 2. The van der Waals surface area contributed by atoms with Gasteiger partial charge in [-0.25, -0.2) is 4.39 Å². The van der Waals surface area contributed by atoms with Crippen LogP contribution in [0.2, 0.25) is 0 Å². The number of hydrogen-bond acceptors (Lipinski definition) is 5. The Balaban J connectivity index is 1.79. The van der Waals surface area contributed by atoms with Crippen LogP contribution in [0.4, 0.5) is 4.39 Å². The lowest BCUT2D eigenvalue weighted by Crippen LogP contribution is -2.12. The highest BCUT2D eigenvalue weighted by atomic mass is 19.1. The lowest BCUT2D eigenvalue weighted by molar-refractivity contribution is 0.100. The molecule has 0 saturated carbocycles. The molecule has 27 heavy (non-hydrogen) atoms. The van der Waals surface area contributed by atoms with Crippen LogP contribution in [0.3, 0.4) is 0 Å². The van der Waals surface area contributed by atoms with Crippen LogP contribution in [-0.4, -0.2) is 31.1 Å². The zero-order valence-corrected chi connectivity index (χ0v) is 14.0. The number of nitrogens with two attached hydrogens (primary N) is 1. The molecule has 0 aliphatic carbocycles. The molecule has 2 aromatic carbocycles. The zero-order chi connectivity index (χ0) is 18.8. The molecule has 7 nitrogen and oxygen atoms in total. The minimum atomic E-state index is -0.590. The minimum Gasteiger partial charge on any atom is -0.366 e. The van der Waals surface area contributed by atoms with Crippen LogP contribution in [0.5, 0.6) is 0 Å². The van der Waals surface area contributed by atoms with E-state index in [-0.39, 0.29) is 0 Å². The van der Waals surface area contributed by atoms with Crippen molar-refractivity contribution in [2.75, 3.05) is 0 Å². The lowest BCUT2D eigenvalue weighted by Gasteiger charge is -2.09. The van der Waals surface area contributed by atoms with E-state index < -0.39 is 11.7 Å². The zero-order valence-electron chi connectivity index (χ0n) is 14.0. The third-order valence-corrected chi connectivity index (χ3v) is 3.92. The van der Waals surface area contributed by atoms with Crippen molar-refractivity contribution >= 4 is 5.91 Å². The maximum absolute atomic E-state index is 14.2.